The second-order valence-electron chi connectivity index (χ2n) is 6.70. The summed E-state index contributed by atoms with van der Waals surface area (Å²) in [6, 6.07) is 3.83. The average molecular weight is 345 g/mol. The lowest BCUT2D eigenvalue weighted by Gasteiger charge is -2.32. The Bertz CT molecular complexity index is 668. The SMILES string of the molecule is O=C(C1CCN(Cc2csc(-c3ccco3)n2)CC1)N1CCCC1. The van der Waals surface area contributed by atoms with E-state index < -0.39 is 0 Å². The van der Waals surface area contributed by atoms with Crippen LogP contribution in [0.4, 0.5) is 0 Å². The molecular formula is C18H23N3O2S. The van der Waals surface area contributed by atoms with Crippen molar-refractivity contribution in [2.75, 3.05) is 26.2 Å². The van der Waals surface area contributed by atoms with Gasteiger partial charge in [0.15, 0.2) is 10.8 Å². The van der Waals surface area contributed by atoms with E-state index in [2.05, 4.69) is 20.2 Å². The maximum absolute atomic E-state index is 12.5. The van der Waals surface area contributed by atoms with Crippen molar-refractivity contribution >= 4 is 17.2 Å². The quantitative estimate of drug-likeness (QED) is 0.854. The number of piperidine rings is 1. The van der Waals surface area contributed by atoms with Crippen LogP contribution in [0.3, 0.4) is 0 Å². The molecule has 2 aromatic rings. The molecular weight excluding hydrogens is 322 g/mol. The fourth-order valence-corrected chi connectivity index (χ4v) is 4.43. The molecule has 2 saturated heterocycles. The van der Waals surface area contributed by atoms with Gasteiger partial charge in [-0.15, -0.1) is 11.3 Å². The summed E-state index contributed by atoms with van der Waals surface area (Å²) >= 11 is 1.63. The summed E-state index contributed by atoms with van der Waals surface area (Å²) in [5.41, 5.74) is 1.09. The third kappa shape index (κ3) is 3.39. The van der Waals surface area contributed by atoms with Gasteiger partial charge in [-0.05, 0) is 50.9 Å². The Hall–Kier alpha value is -1.66. The van der Waals surface area contributed by atoms with Crippen LogP contribution in [0, 0.1) is 5.92 Å². The van der Waals surface area contributed by atoms with Crippen molar-refractivity contribution in [3.05, 3.63) is 29.5 Å². The van der Waals surface area contributed by atoms with E-state index in [4.69, 9.17) is 4.42 Å². The minimum absolute atomic E-state index is 0.230. The largest absolute Gasteiger partial charge is 0.462 e. The van der Waals surface area contributed by atoms with Gasteiger partial charge in [0.05, 0.1) is 12.0 Å². The summed E-state index contributed by atoms with van der Waals surface area (Å²) in [6.45, 7) is 4.76. The molecule has 2 aromatic heterocycles. The van der Waals surface area contributed by atoms with Crippen molar-refractivity contribution in [3.63, 3.8) is 0 Å². The molecule has 2 aliphatic rings. The summed E-state index contributed by atoms with van der Waals surface area (Å²) in [5, 5.41) is 3.05. The lowest BCUT2D eigenvalue weighted by molar-refractivity contribution is -0.136. The minimum atomic E-state index is 0.230. The molecule has 2 aliphatic heterocycles. The average Bonchev–Trinajstić information content (AvgIpc) is 3.36. The molecule has 0 radical (unpaired) electrons. The van der Waals surface area contributed by atoms with Crippen LogP contribution >= 0.6 is 11.3 Å². The van der Waals surface area contributed by atoms with Gasteiger partial charge in [0.25, 0.3) is 0 Å². The zero-order chi connectivity index (χ0) is 16.4. The van der Waals surface area contributed by atoms with E-state index in [0.29, 0.717) is 5.91 Å². The number of hydrogen-bond donors (Lipinski definition) is 0. The fourth-order valence-electron chi connectivity index (χ4n) is 3.66. The predicted molar refractivity (Wildman–Crippen MR) is 93.6 cm³/mol. The van der Waals surface area contributed by atoms with E-state index >= 15 is 0 Å². The van der Waals surface area contributed by atoms with Crippen LogP contribution in [0.2, 0.25) is 0 Å². The van der Waals surface area contributed by atoms with E-state index in [1.165, 1.54) is 12.8 Å². The highest BCUT2D eigenvalue weighted by molar-refractivity contribution is 7.13. The molecule has 0 aliphatic carbocycles. The van der Waals surface area contributed by atoms with Crippen molar-refractivity contribution < 1.29 is 9.21 Å². The Morgan fingerprint density at radius 3 is 2.75 bits per heavy atom. The first-order chi connectivity index (χ1) is 11.8. The van der Waals surface area contributed by atoms with Crippen LogP contribution in [0.5, 0.6) is 0 Å². The molecule has 5 nitrogen and oxygen atoms in total. The number of carbonyl (C=O) groups is 1. The molecule has 0 aromatic carbocycles. The highest BCUT2D eigenvalue weighted by Crippen LogP contribution is 2.26. The van der Waals surface area contributed by atoms with Crippen LogP contribution in [0.25, 0.3) is 10.8 Å². The lowest BCUT2D eigenvalue weighted by Crippen LogP contribution is -2.41. The molecule has 4 rings (SSSR count). The van der Waals surface area contributed by atoms with Crippen molar-refractivity contribution in [1.82, 2.24) is 14.8 Å². The van der Waals surface area contributed by atoms with E-state index in [1.54, 1.807) is 17.6 Å². The molecule has 0 spiro atoms. The molecule has 0 saturated carbocycles. The van der Waals surface area contributed by atoms with E-state index in [9.17, 15) is 4.79 Å². The first-order valence-corrected chi connectivity index (χ1v) is 9.67. The fraction of sp³-hybridized carbons (Fsp3) is 0.556. The van der Waals surface area contributed by atoms with Gasteiger partial charge in [0.1, 0.15) is 0 Å². The summed E-state index contributed by atoms with van der Waals surface area (Å²) < 4.78 is 5.40. The molecule has 0 bridgehead atoms. The maximum Gasteiger partial charge on any atom is 0.225 e. The van der Waals surface area contributed by atoms with Gasteiger partial charge in [0.2, 0.25) is 5.91 Å². The smallest absolute Gasteiger partial charge is 0.225 e. The Balaban J connectivity index is 1.29. The van der Waals surface area contributed by atoms with Gasteiger partial charge in [-0.1, -0.05) is 0 Å². The number of likely N-dealkylation sites (tertiary alicyclic amines) is 2. The number of rotatable bonds is 4. The zero-order valence-electron chi connectivity index (χ0n) is 13.8. The van der Waals surface area contributed by atoms with Gasteiger partial charge >= 0.3 is 0 Å². The predicted octanol–water partition coefficient (Wildman–Crippen LogP) is 3.24. The number of nitrogens with zero attached hydrogens (tertiary/aromatic N) is 3. The molecule has 0 N–H and O–H groups in total. The molecule has 128 valence electrons. The summed E-state index contributed by atoms with van der Waals surface area (Å²) in [6.07, 6.45) is 5.98. The van der Waals surface area contributed by atoms with E-state index in [1.807, 2.05) is 12.1 Å². The third-order valence-corrected chi connectivity index (χ3v) is 5.93. The highest BCUT2D eigenvalue weighted by Gasteiger charge is 2.29. The Morgan fingerprint density at radius 2 is 2.04 bits per heavy atom. The number of carbonyl (C=O) groups excluding carboxylic acids is 1. The first-order valence-electron chi connectivity index (χ1n) is 8.79. The van der Waals surface area contributed by atoms with Crippen LogP contribution in [-0.4, -0.2) is 46.9 Å². The highest BCUT2D eigenvalue weighted by atomic mass is 32.1. The van der Waals surface area contributed by atoms with E-state index in [0.717, 1.165) is 62.0 Å². The summed E-state index contributed by atoms with van der Waals surface area (Å²) in [5.74, 6) is 1.45. The van der Waals surface area contributed by atoms with Gasteiger partial charge in [0, 0.05) is 30.9 Å². The van der Waals surface area contributed by atoms with Gasteiger partial charge in [-0.3, -0.25) is 9.69 Å². The normalized spacial score (nSPS) is 19.9. The Morgan fingerprint density at radius 1 is 1.25 bits per heavy atom. The molecule has 0 atom stereocenters. The second kappa shape index (κ2) is 7.07. The van der Waals surface area contributed by atoms with Gasteiger partial charge in [-0.25, -0.2) is 4.98 Å². The third-order valence-electron chi connectivity index (χ3n) is 5.02. The number of furan rings is 1. The van der Waals surface area contributed by atoms with E-state index in [-0.39, 0.29) is 5.92 Å². The summed E-state index contributed by atoms with van der Waals surface area (Å²) in [4.78, 5) is 21.6. The van der Waals surface area contributed by atoms with Crippen molar-refractivity contribution in [1.29, 1.82) is 0 Å². The number of hydrogen-bond acceptors (Lipinski definition) is 5. The standard InChI is InChI=1S/C18H23N3O2S/c22-18(21-7-1-2-8-21)14-5-9-20(10-6-14)12-15-13-24-17(19-15)16-4-3-11-23-16/h3-4,11,13-14H,1-2,5-10,12H2. The van der Waals surface area contributed by atoms with Crippen LogP contribution in [0.15, 0.2) is 28.2 Å². The molecule has 24 heavy (non-hydrogen) atoms. The minimum Gasteiger partial charge on any atom is -0.462 e. The lowest BCUT2D eigenvalue weighted by atomic mass is 9.95. The van der Waals surface area contributed by atoms with Crippen LogP contribution in [-0.2, 0) is 11.3 Å². The molecule has 6 heteroatoms. The topological polar surface area (TPSA) is 49.6 Å². The van der Waals surface area contributed by atoms with Crippen molar-refractivity contribution in [2.24, 2.45) is 5.92 Å². The number of aromatic nitrogens is 1. The summed E-state index contributed by atoms with van der Waals surface area (Å²) in [7, 11) is 0. The van der Waals surface area contributed by atoms with Gasteiger partial charge in [-0.2, -0.15) is 0 Å². The molecule has 4 heterocycles. The molecule has 2 fully saturated rings. The number of amides is 1. The first kappa shape index (κ1) is 15.8. The number of thiazole rings is 1. The zero-order valence-corrected chi connectivity index (χ0v) is 14.6. The maximum atomic E-state index is 12.5. The second-order valence-corrected chi connectivity index (χ2v) is 7.56. The monoisotopic (exact) mass is 345 g/mol. The Kier molecular flexibility index (Phi) is 4.67. The molecule has 0 unspecified atom stereocenters. The van der Waals surface area contributed by atoms with Crippen molar-refractivity contribution in [3.8, 4) is 10.8 Å². The Labute approximate surface area is 146 Å². The van der Waals surface area contributed by atoms with Crippen LogP contribution < -0.4 is 0 Å². The van der Waals surface area contributed by atoms with Gasteiger partial charge < -0.3 is 9.32 Å². The van der Waals surface area contributed by atoms with Crippen molar-refractivity contribution in [2.45, 2.75) is 32.2 Å². The molecule has 1 amide bonds. The van der Waals surface area contributed by atoms with Crippen LogP contribution in [0.1, 0.15) is 31.4 Å².